The number of fused-ring (bicyclic) bond motifs is 3. The van der Waals surface area contributed by atoms with Gasteiger partial charge >= 0.3 is 21.1 Å². The number of hydrogen-bond acceptors (Lipinski definition) is 3. The van der Waals surface area contributed by atoms with Crippen LogP contribution in [0.3, 0.4) is 0 Å². The number of ether oxygens (including phenoxy) is 1. The number of halogens is 2. The maximum absolute atomic E-state index is 14.3. The molecular weight excluding hydrogens is 786 g/mol. The Kier molecular flexibility index (Phi) is 9.35. The minimum Gasteiger partial charge on any atom is -0.509 e. The third-order valence-electron chi connectivity index (χ3n) is 9.21. The molecule has 4 aromatic carbocycles. The fraction of sp³-hybridized carbons (Fsp3) is 0.200. The van der Waals surface area contributed by atoms with E-state index in [1.165, 1.54) is 5.56 Å². The summed E-state index contributed by atoms with van der Waals surface area (Å²) >= 11 is 0. The molecule has 3 heterocycles. The molecule has 48 heavy (non-hydrogen) atoms. The van der Waals surface area contributed by atoms with Crippen LogP contribution < -0.4 is 4.74 Å². The van der Waals surface area contributed by atoms with Gasteiger partial charge in [-0.2, -0.15) is 17.2 Å². The van der Waals surface area contributed by atoms with E-state index in [2.05, 4.69) is 59.9 Å². The Labute approximate surface area is 293 Å². The van der Waals surface area contributed by atoms with Gasteiger partial charge in [-0.3, -0.25) is 4.68 Å². The molecule has 7 aromatic rings. The SMILES string of the molecule is Cc1c(C)c(CF)c(-c2cnn(-c3[c-]c(Oc4[c-]c5c(cc4)c4ccccc4n5-c4cc(C(C)C)ccn4)ccc3)c2)c(CF)c1C.[Pt+2]. The van der Waals surface area contributed by atoms with Crippen molar-refractivity contribution in [1.29, 1.82) is 0 Å². The fourth-order valence-electron chi connectivity index (χ4n) is 6.39. The van der Waals surface area contributed by atoms with Gasteiger partial charge in [-0.05, 0) is 94.9 Å². The summed E-state index contributed by atoms with van der Waals surface area (Å²) < 4.78 is 38.7. The van der Waals surface area contributed by atoms with E-state index >= 15 is 0 Å². The second-order valence-corrected chi connectivity index (χ2v) is 12.2. The van der Waals surface area contributed by atoms with Crippen molar-refractivity contribution in [1.82, 2.24) is 19.3 Å². The Hall–Kier alpha value is -4.61. The summed E-state index contributed by atoms with van der Waals surface area (Å²) in [7, 11) is 0. The van der Waals surface area contributed by atoms with Crippen LogP contribution in [0.2, 0.25) is 0 Å². The molecule has 0 aliphatic heterocycles. The van der Waals surface area contributed by atoms with E-state index in [1.807, 2.05) is 69.4 Å². The quantitative estimate of drug-likeness (QED) is 0.144. The Balaban J connectivity index is 0.00000401. The van der Waals surface area contributed by atoms with Gasteiger partial charge in [-0.1, -0.05) is 37.6 Å². The molecule has 0 atom stereocenters. The summed E-state index contributed by atoms with van der Waals surface area (Å²) in [6.45, 7) is 8.65. The molecule has 0 saturated carbocycles. The largest absolute Gasteiger partial charge is 2.00 e. The molecule has 0 radical (unpaired) electrons. The number of pyridine rings is 1. The zero-order valence-corrected chi connectivity index (χ0v) is 29.6. The van der Waals surface area contributed by atoms with E-state index in [9.17, 15) is 8.78 Å². The molecule has 0 aliphatic carbocycles. The predicted octanol–water partition coefficient (Wildman–Crippen LogP) is 10.4. The van der Waals surface area contributed by atoms with Crippen molar-refractivity contribution in [2.75, 3.05) is 0 Å². The van der Waals surface area contributed by atoms with Gasteiger partial charge in [0.15, 0.2) is 0 Å². The number of benzene rings is 4. The van der Waals surface area contributed by atoms with Crippen molar-refractivity contribution >= 4 is 21.8 Å². The van der Waals surface area contributed by atoms with Gasteiger partial charge in [0.1, 0.15) is 19.2 Å². The van der Waals surface area contributed by atoms with Crippen LogP contribution in [0.4, 0.5) is 8.78 Å². The van der Waals surface area contributed by atoms with Crippen LogP contribution >= 0.6 is 0 Å². The Bertz CT molecular complexity index is 2260. The van der Waals surface area contributed by atoms with Crippen molar-refractivity contribution in [3.05, 3.63) is 131 Å². The second-order valence-electron chi connectivity index (χ2n) is 12.2. The third kappa shape index (κ3) is 5.75. The molecule has 8 heteroatoms. The van der Waals surface area contributed by atoms with Crippen LogP contribution in [0.15, 0.2) is 85.3 Å². The molecule has 0 aliphatic rings. The minimum absolute atomic E-state index is 0. The molecule has 7 rings (SSSR count). The summed E-state index contributed by atoms with van der Waals surface area (Å²) in [6, 6.07) is 28.7. The van der Waals surface area contributed by atoms with Gasteiger partial charge in [-0.15, -0.1) is 35.7 Å². The standard InChI is InChI=1S/C40H34F2N4O.Pt/c1-24(2)28-15-16-43-39(17-28)46-37-12-7-6-11-33(37)34-14-13-32(19-38(34)46)47-31-10-8-9-30(18-31)45-23-29(22-44-45)40-35(20-41)26(4)25(3)27(5)36(40)21-42;/h6-17,22-24H,20-21H2,1-5H3;/q-2;+2. The first-order valence-corrected chi connectivity index (χ1v) is 15.7. The van der Waals surface area contributed by atoms with E-state index in [0.29, 0.717) is 45.4 Å². The number of nitrogens with zero attached hydrogens (tertiary/aromatic N) is 4. The zero-order valence-electron chi connectivity index (χ0n) is 27.3. The maximum Gasteiger partial charge on any atom is 2.00 e. The van der Waals surface area contributed by atoms with Crippen molar-refractivity contribution in [2.24, 2.45) is 0 Å². The average Bonchev–Trinajstić information content (AvgIpc) is 3.70. The molecule has 244 valence electrons. The first-order valence-electron chi connectivity index (χ1n) is 15.7. The van der Waals surface area contributed by atoms with Crippen molar-refractivity contribution in [2.45, 2.75) is 53.9 Å². The van der Waals surface area contributed by atoms with Crippen LogP contribution in [0.1, 0.15) is 53.1 Å². The van der Waals surface area contributed by atoms with Gasteiger partial charge in [0.05, 0.1) is 6.20 Å². The summed E-state index contributed by atoms with van der Waals surface area (Å²) in [4.78, 5) is 4.73. The summed E-state index contributed by atoms with van der Waals surface area (Å²) in [6.07, 6.45) is 5.28. The zero-order chi connectivity index (χ0) is 32.8. The molecule has 5 nitrogen and oxygen atoms in total. The molecule has 0 N–H and O–H groups in total. The first kappa shape index (κ1) is 33.3. The minimum atomic E-state index is -0.686. The smallest absolute Gasteiger partial charge is 0.509 e. The number of hydrogen-bond donors (Lipinski definition) is 0. The Morgan fingerprint density at radius 2 is 1.54 bits per heavy atom. The molecule has 0 amide bonds. The molecule has 0 bridgehead atoms. The number of alkyl halides is 2. The van der Waals surface area contributed by atoms with E-state index in [4.69, 9.17) is 9.72 Å². The molecule has 0 unspecified atom stereocenters. The van der Waals surface area contributed by atoms with Gasteiger partial charge < -0.3 is 9.30 Å². The number of aromatic nitrogens is 4. The maximum atomic E-state index is 14.3. The fourth-order valence-corrected chi connectivity index (χ4v) is 6.39. The van der Waals surface area contributed by atoms with Gasteiger partial charge in [0, 0.05) is 35.0 Å². The molecule has 3 aromatic heterocycles. The number of para-hydroxylation sites is 1. The second kappa shape index (κ2) is 13.5. The topological polar surface area (TPSA) is 44.9 Å². The normalized spacial score (nSPS) is 11.4. The van der Waals surface area contributed by atoms with Gasteiger partial charge in [0.2, 0.25) is 0 Å². The summed E-state index contributed by atoms with van der Waals surface area (Å²) in [5, 5.41) is 6.70. The Morgan fingerprint density at radius 3 is 2.27 bits per heavy atom. The van der Waals surface area contributed by atoms with Crippen molar-refractivity contribution in [3.63, 3.8) is 0 Å². The molecule has 0 spiro atoms. The Morgan fingerprint density at radius 1 is 0.812 bits per heavy atom. The third-order valence-corrected chi connectivity index (χ3v) is 9.21. The van der Waals surface area contributed by atoms with Crippen LogP contribution in [0.5, 0.6) is 11.5 Å². The van der Waals surface area contributed by atoms with Crippen molar-refractivity contribution < 1.29 is 34.6 Å². The monoisotopic (exact) mass is 819 g/mol. The summed E-state index contributed by atoms with van der Waals surface area (Å²) in [5.41, 5.74) is 8.53. The van der Waals surface area contributed by atoms with Crippen LogP contribution in [0, 0.1) is 32.9 Å². The van der Waals surface area contributed by atoms with E-state index in [0.717, 1.165) is 44.3 Å². The van der Waals surface area contributed by atoms with Crippen LogP contribution in [0.25, 0.3) is 44.4 Å². The van der Waals surface area contributed by atoms with E-state index in [-0.39, 0.29) is 21.1 Å². The summed E-state index contributed by atoms with van der Waals surface area (Å²) in [5.74, 6) is 2.20. The van der Waals surface area contributed by atoms with E-state index in [1.54, 1.807) is 17.1 Å². The first-order chi connectivity index (χ1) is 22.8. The van der Waals surface area contributed by atoms with Gasteiger partial charge in [-0.25, -0.2) is 13.8 Å². The van der Waals surface area contributed by atoms with Crippen LogP contribution in [-0.2, 0) is 34.4 Å². The number of rotatable bonds is 8. The van der Waals surface area contributed by atoms with Crippen LogP contribution in [-0.4, -0.2) is 19.3 Å². The predicted molar refractivity (Wildman–Crippen MR) is 183 cm³/mol. The van der Waals surface area contributed by atoms with Gasteiger partial charge in [0.25, 0.3) is 0 Å². The van der Waals surface area contributed by atoms with Crippen molar-refractivity contribution in [3.8, 4) is 34.1 Å². The molecule has 0 saturated heterocycles. The molecular formula is C40H34F2N4OPt. The van der Waals surface area contributed by atoms with E-state index < -0.39 is 13.3 Å². The molecule has 0 fully saturated rings. The average molecular weight is 820 g/mol.